The van der Waals surface area contributed by atoms with Crippen LogP contribution in [0.5, 0.6) is 0 Å². The Hall–Kier alpha value is -1.45. The van der Waals surface area contributed by atoms with Crippen LogP contribution in [-0.4, -0.2) is 23.2 Å². The van der Waals surface area contributed by atoms with Crippen LogP contribution in [-0.2, 0) is 4.74 Å². The molecule has 0 radical (unpaired) electrons. The van der Waals surface area contributed by atoms with Crippen LogP contribution in [0.15, 0.2) is 30.3 Å². The number of rotatable bonds is 2. The van der Waals surface area contributed by atoms with Gasteiger partial charge in [0.15, 0.2) is 0 Å². The summed E-state index contributed by atoms with van der Waals surface area (Å²) in [5.74, 6) is 1.06. The Labute approximate surface area is 124 Å². The third-order valence-electron chi connectivity index (χ3n) is 3.68. The SMILES string of the molecule is Cc1c(Cl)nc(C2CCCOC2)nc1-c1ccccc1. The Balaban J connectivity index is 2.03. The molecular formula is C16H17ClN2O. The molecule has 2 heterocycles. The van der Waals surface area contributed by atoms with Gasteiger partial charge in [-0.3, -0.25) is 0 Å². The molecule has 1 atom stereocenters. The van der Waals surface area contributed by atoms with Gasteiger partial charge in [0.2, 0.25) is 0 Å². The summed E-state index contributed by atoms with van der Waals surface area (Å²) < 4.78 is 5.53. The van der Waals surface area contributed by atoms with Gasteiger partial charge < -0.3 is 4.74 Å². The molecule has 2 aromatic rings. The van der Waals surface area contributed by atoms with Gasteiger partial charge in [-0.2, -0.15) is 0 Å². The van der Waals surface area contributed by atoms with E-state index < -0.39 is 0 Å². The van der Waals surface area contributed by atoms with E-state index in [0.717, 1.165) is 42.1 Å². The van der Waals surface area contributed by atoms with Crippen molar-refractivity contribution in [1.82, 2.24) is 9.97 Å². The predicted molar refractivity (Wildman–Crippen MR) is 80.0 cm³/mol. The van der Waals surface area contributed by atoms with Crippen LogP contribution >= 0.6 is 11.6 Å². The van der Waals surface area contributed by atoms with E-state index in [4.69, 9.17) is 21.3 Å². The van der Waals surface area contributed by atoms with Crippen LogP contribution in [0.3, 0.4) is 0 Å². The summed E-state index contributed by atoms with van der Waals surface area (Å²) >= 11 is 6.30. The van der Waals surface area contributed by atoms with Gasteiger partial charge in [-0.1, -0.05) is 41.9 Å². The minimum atomic E-state index is 0.254. The van der Waals surface area contributed by atoms with Crippen LogP contribution < -0.4 is 0 Å². The van der Waals surface area contributed by atoms with Gasteiger partial charge in [0, 0.05) is 23.7 Å². The average molecular weight is 289 g/mol. The van der Waals surface area contributed by atoms with Crippen LogP contribution in [0.4, 0.5) is 0 Å². The predicted octanol–water partition coefficient (Wildman–Crippen LogP) is 4.00. The summed E-state index contributed by atoms with van der Waals surface area (Å²) in [7, 11) is 0. The van der Waals surface area contributed by atoms with Crippen molar-refractivity contribution < 1.29 is 4.74 Å². The highest BCUT2D eigenvalue weighted by molar-refractivity contribution is 6.30. The molecule has 1 aliphatic rings. The first-order valence-corrected chi connectivity index (χ1v) is 7.30. The van der Waals surface area contributed by atoms with Crippen LogP contribution in [0, 0.1) is 6.92 Å². The summed E-state index contributed by atoms with van der Waals surface area (Å²) in [5, 5.41) is 0.541. The molecule has 1 aliphatic heterocycles. The van der Waals surface area contributed by atoms with Crippen molar-refractivity contribution in [2.24, 2.45) is 0 Å². The fourth-order valence-electron chi connectivity index (χ4n) is 2.51. The zero-order valence-corrected chi connectivity index (χ0v) is 12.2. The van der Waals surface area contributed by atoms with E-state index in [1.165, 1.54) is 0 Å². The summed E-state index contributed by atoms with van der Waals surface area (Å²) in [6.45, 7) is 3.49. The monoisotopic (exact) mass is 288 g/mol. The molecule has 0 spiro atoms. The van der Waals surface area contributed by atoms with Crippen LogP contribution in [0.25, 0.3) is 11.3 Å². The lowest BCUT2D eigenvalue weighted by atomic mass is 10.0. The topological polar surface area (TPSA) is 35.0 Å². The Kier molecular flexibility index (Phi) is 3.99. The van der Waals surface area contributed by atoms with E-state index in [0.29, 0.717) is 11.8 Å². The van der Waals surface area contributed by atoms with Crippen molar-refractivity contribution in [1.29, 1.82) is 0 Å². The van der Waals surface area contributed by atoms with E-state index in [9.17, 15) is 0 Å². The molecule has 1 saturated heterocycles. The van der Waals surface area contributed by atoms with Crippen molar-refractivity contribution in [3.05, 3.63) is 46.9 Å². The van der Waals surface area contributed by atoms with Crippen molar-refractivity contribution in [2.45, 2.75) is 25.7 Å². The molecule has 104 valence electrons. The number of aromatic nitrogens is 2. The number of hydrogen-bond acceptors (Lipinski definition) is 3. The average Bonchev–Trinajstić information content (AvgIpc) is 2.51. The summed E-state index contributed by atoms with van der Waals surface area (Å²) in [5.41, 5.74) is 2.93. The lowest BCUT2D eigenvalue weighted by molar-refractivity contribution is 0.0781. The second-order valence-corrected chi connectivity index (χ2v) is 5.48. The molecule has 1 aromatic carbocycles. The molecule has 20 heavy (non-hydrogen) atoms. The molecule has 0 amide bonds. The van der Waals surface area contributed by atoms with E-state index in [-0.39, 0.29) is 5.92 Å². The number of halogens is 1. The molecule has 1 aromatic heterocycles. The maximum absolute atomic E-state index is 6.30. The zero-order valence-electron chi connectivity index (χ0n) is 11.5. The largest absolute Gasteiger partial charge is 0.381 e. The van der Waals surface area contributed by atoms with Crippen molar-refractivity contribution in [2.75, 3.05) is 13.2 Å². The van der Waals surface area contributed by atoms with E-state index >= 15 is 0 Å². The minimum absolute atomic E-state index is 0.254. The first-order chi connectivity index (χ1) is 9.75. The van der Waals surface area contributed by atoms with Gasteiger partial charge in [-0.15, -0.1) is 0 Å². The Bertz CT molecular complexity index is 595. The first-order valence-electron chi connectivity index (χ1n) is 6.93. The number of ether oxygens (including phenoxy) is 1. The van der Waals surface area contributed by atoms with Crippen molar-refractivity contribution >= 4 is 11.6 Å². The van der Waals surface area contributed by atoms with Crippen molar-refractivity contribution in [3.63, 3.8) is 0 Å². The molecule has 1 fully saturated rings. The third kappa shape index (κ3) is 2.69. The van der Waals surface area contributed by atoms with Gasteiger partial charge in [-0.25, -0.2) is 9.97 Å². The van der Waals surface area contributed by atoms with Crippen molar-refractivity contribution in [3.8, 4) is 11.3 Å². The van der Waals surface area contributed by atoms with Gasteiger partial charge in [-0.05, 0) is 19.8 Å². The number of hydrogen-bond donors (Lipinski definition) is 0. The highest BCUT2D eigenvalue weighted by atomic mass is 35.5. The van der Waals surface area contributed by atoms with E-state index in [1.54, 1.807) is 0 Å². The summed E-state index contributed by atoms with van der Waals surface area (Å²) in [4.78, 5) is 9.21. The van der Waals surface area contributed by atoms with Gasteiger partial charge >= 0.3 is 0 Å². The summed E-state index contributed by atoms with van der Waals surface area (Å²) in [6.07, 6.45) is 2.12. The Morgan fingerprint density at radius 2 is 2.00 bits per heavy atom. The highest BCUT2D eigenvalue weighted by Crippen LogP contribution is 2.30. The molecule has 4 heteroatoms. The molecule has 3 nitrogen and oxygen atoms in total. The standard InChI is InChI=1S/C16H17ClN2O/c1-11-14(12-6-3-2-4-7-12)18-16(19-15(11)17)13-8-5-9-20-10-13/h2-4,6-7,13H,5,8-10H2,1H3. The molecule has 0 saturated carbocycles. The molecular weight excluding hydrogens is 272 g/mol. The molecule has 0 N–H and O–H groups in total. The van der Waals surface area contributed by atoms with Gasteiger partial charge in [0.05, 0.1) is 12.3 Å². The Morgan fingerprint density at radius 1 is 1.20 bits per heavy atom. The molecule has 1 unspecified atom stereocenters. The lowest BCUT2D eigenvalue weighted by Gasteiger charge is -2.22. The summed E-state index contributed by atoms with van der Waals surface area (Å²) in [6, 6.07) is 10.1. The highest BCUT2D eigenvalue weighted by Gasteiger charge is 2.21. The first kappa shape index (κ1) is 13.5. The van der Waals surface area contributed by atoms with E-state index in [2.05, 4.69) is 4.98 Å². The molecule has 0 bridgehead atoms. The second-order valence-electron chi connectivity index (χ2n) is 5.13. The minimum Gasteiger partial charge on any atom is -0.381 e. The fourth-order valence-corrected chi connectivity index (χ4v) is 2.69. The Morgan fingerprint density at radius 3 is 2.70 bits per heavy atom. The quantitative estimate of drug-likeness (QED) is 0.784. The molecule has 3 rings (SSSR count). The smallest absolute Gasteiger partial charge is 0.136 e. The maximum atomic E-state index is 6.30. The fraction of sp³-hybridized carbons (Fsp3) is 0.375. The zero-order chi connectivity index (χ0) is 13.9. The van der Waals surface area contributed by atoms with E-state index in [1.807, 2.05) is 37.3 Å². The van der Waals surface area contributed by atoms with Crippen LogP contribution in [0.2, 0.25) is 5.15 Å². The normalized spacial score (nSPS) is 19.0. The second kappa shape index (κ2) is 5.90. The van der Waals surface area contributed by atoms with Crippen LogP contribution in [0.1, 0.15) is 30.1 Å². The lowest BCUT2D eigenvalue weighted by Crippen LogP contribution is -2.18. The molecule has 0 aliphatic carbocycles. The number of benzene rings is 1. The van der Waals surface area contributed by atoms with Gasteiger partial charge in [0.25, 0.3) is 0 Å². The van der Waals surface area contributed by atoms with Gasteiger partial charge in [0.1, 0.15) is 11.0 Å². The maximum Gasteiger partial charge on any atom is 0.136 e. The number of nitrogens with zero attached hydrogens (tertiary/aromatic N) is 2. The third-order valence-corrected chi connectivity index (χ3v) is 4.04.